The highest BCUT2D eigenvalue weighted by molar-refractivity contribution is 5.15. The minimum Gasteiger partial charge on any atom is -0.355 e. The van der Waals surface area contributed by atoms with Crippen LogP contribution in [0.15, 0.2) is 24.5 Å². The molecule has 0 aromatic carbocycles. The van der Waals surface area contributed by atoms with Gasteiger partial charge in [-0.25, -0.2) is 0 Å². The molecule has 1 atom stereocenters. The molecule has 2 rings (SSSR count). The molecule has 0 radical (unpaired) electrons. The Bertz CT molecular complexity index is 366. The lowest BCUT2D eigenvalue weighted by Crippen LogP contribution is -2.40. The number of pyridine rings is 1. The number of unbranched alkanes of at least 4 members (excludes halogenated alkanes) is 1. The van der Waals surface area contributed by atoms with E-state index in [-0.39, 0.29) is 0 Å². The lowest BCUT2D eigenvalue weighted by molar-refractivity contribution is -0.142. The van der Waals surface area contributed by atoms with Crippen molar-refractivity contribution in [1.29, 1.82) is 0 Å². The summed E-state index contributed by atoms with van der Waals surface area (Å²) in [5.74, 6) is 0.379. The zero-order chi connectivity index (χ0) is 14.2. The van der Waals surface area contributed by atoms with Gasteiger partial charge in [0.1, 0.15) is 6.79 Å². The van der Waals surface area contributed by atoms with E-state index in [4.69, 9.17) is 9.47 Å². The average molecular weight is 278 g/mol. The lowest BCUT2D eigenvalue weighted by Gasteiger charge is -2.38. The number of rotatable bonds is 7. The summed E-state index contributed by atoms with van der Waals surface area (Å²) in [5.41, 5.74) is 1.27. The zero-order valence-corrected chi connectivity index (χ0v) is 12.6. The second-order valence-corrected chi connectivity index (χ2v) is 5.33. The van der Waals surface area contributed by atoms with E-state index in [1.54, 1.807) is 0 Å². The third kappa shape index (κ3) is 4.01. The van der Waals surface area contributed by atoms with Crippen molar-refractivity contribution in [3.05, 3.63) is 30.1 Å². The molecular weight excluding hydrogens is 252 g/mol. The van der Waals surface area contributed by atoms with Crippen LogP contribution in [-0.4, -0.2) is 43.0 Å². The Labute approximate surface area is 122 Å². The third-order valence-electron chi connectivity index (χ3n) is 3.90. The molecule has 1 aliphatic rings. The first-order chi connectivity index (χ1) is 9.86. The molecule has 2 heterocycles. The first-order valence-corrected chi connectivity index (χ1v) is 7.66. The second-order valence-electron chi connectivity index (χ2n) is 5.33. The Balaban J connectivity index is 2.17. The fourth-order valence-electron chi connectivity index (χ4n) is 2.88. The highest BCUT2D eigenvalue weighted by Gasteiger charge is 2.30. The molecule has 0 saturated carbocycles. The summed E-state index contributed by atoms with van der Waals surface area (Å²) in [4.78, 5) is 6.82. The average Bonchev–Trinajstić information content (AvgIpc) is 2.53. The second kappa shape index (κ2) is 8.35. The van der Waals surface area contributed by atoms with Crippen molar-refractivity contribution in [2.75, 3.05) is 33.1 Å². The van der Waals surface area contributed by atoms with Crippen LogP contribution < -0.4 is 0 Å². The molecular formula is C16H26N2O2. The lowest BCUT2D eigenvalue weighted by atomic mass is 9.93. The Morgan fingerprint density at radius 1 is 1.35 bits per heavy atom. The SMILES string of the molecule is CCCCN(CC)C(c1cccnc1)C1COCOC1. The van der Waals surface area contributed by atoms with E-state index in [1.165, 1.54) is 18.4 Å². The first-order valence-electron chi connectivity index (χ1n) is 7.66. The zero-order valence-electron chi connectivity index (χ0n) is 12.6. The summed E-state index contributed by atoms with van der Waals surface area (Å²) in [6, 6.07) is 4.52. The summed E-state index contributed by atoms with van der Waals surface area (Å²) < 4.78 is 11.0. The van der Waals surface area contributed by atoms with Gasteiger partial charge in [-0.15, -0.1) is 0 Å². The van der Waals surface area contributed by atoms with Crippen LogP contribution in [0.2, 0.25) is 0 Å². The number of hydrogen-bond donors (Lipinski definition) is 0. The minimum atomic E-state index is 0.334. The molecule has 1 aromatic heterocycles. The number of nitrogens with zero attached hydrogens (tertiary/aromatic N) is 2. The topological polar surface area (TPSA) is 34.6 Å². The Kier molecular flexibility index (Phi) is 6.43. The summed E-state index contributed by atoms with van der Waals surface area (Å²) in [6.45, 7) is 8.57. The van der Waals surface area contributed by atoms with E-state index in [9.17, 15) is 0 Å². The van der Waals surface area contributed by atoms with Crippen molar-refractivity contribution in [3.8, 4) is 0 Å². The molecule has 0 bridgehead atoms. The van der Waals surface area contributed by atoms with Crippen LogP contribution in [0.5, 0.6) is 0 Å². The van der Waals surface area contributed by atoms with E-state index in [1.807, 2.05) is 18.5 Å². The van der Waals surface area contributed by atoms with Gasteiger partial charge in [0.2, 0.25) is 0 Å². The maximum atomic E-state index is 5.51. The summed E-state index contributed by atoms with van der Waals surface area (Å²) in [6.07, 6.45) is 6.25. The van der Waals surface area contributed by atoms with Gasteiger partial charge in [0.15, 0.2) is 0 Å². The Morgan fingerprint density at radius 2 is 2.15 bits per heavy atom. The van der Waals surface area contributed by atoms with E-state index in [0.717, 1.165) is 26.3 Å². The highest BCUT2D eigenvalue weighted by Crippen LogP contribution is 2.30. The smallest absolute Gasteiger partial charge is 0.146 e. The minimum absolute atomic E-state index is 0.334. The number of ether oxygens (including phenoxy) is 2. The maximum Gasteiger partial charge on any atom is 0.146 e. The largest absolute Gasteiger partial charge is 0.355 e. The molecule has 112 valence electrons. The van der Waals surface area contributed by atoms with Gasteiger partial charge in [-0.05, 0) is 31.1 Å². The maximum absolute atomic E-state index is 5.51. The Hall–Kier alpha value is -0.970. The predicted octanol–water partition coefficient (Wildman–Crippen LogP) is 2.87. The van der Waals surface area contributed by atoms with Crippen molar-refractivity contribution < 1.29 is 9.47 Å². The van der Waals surface area contributed by atoms with Gasteiger partial charge in [0.25, 0.3) is 0 Å². The van der Waals surface area contributed by atoms with Crippen molar-refractivity contribution in [1.82, 2.24) is 9.88 Å². The van der Waals surface area contributed by atoms with Gasteiger partial charge in [-0.2, -0.15) is 0 Å². The molecule has 4 heteroatoms. The van der Waals surface area contributed by atoms with Gasteiger partial charge in [0.05, 0.1) is 13.2 Å². The normalized spacial score (nSPS) is 18.4. The number of hydrogen-bond acceptors (Lipinski definition) is 4. The molecule has 0 spiro atoms. The van der Waals surface area contributed by atoms with Gasteiger partial charge >= 0.3 is 0 Å². The van der Waals surface area contributed by atoms with Gasteiger partial charge in [-0.1, -0.05) is 26.3 Å². The fourth-order valence-corrected chi connectivity index (χ4v) is 2.88. The molecule has 0 N–H and O–H groups in total. The van der Waals surface area contributed by atoms with E-state index >= 15 is 0 Å². The van der Waals surface area contributed by atoms with Crippen molar-refractivity contribution >= 4 is 0 Å². The van der Waals surface area contributed by atoms with Gasteiger partial charge in [0, 0.05) is 24.4 Å². The van der Waals surface area contributed by atoms with Crippen LogP contribution in [0.3, 0.4) is 0 Å². The molecule has 20 heavy (non-hydrogen) atoms. The standard InChI is InChI=1S/C16H26N2O2/c1-3-5-9-18(4-2)16(14-7-6-8-17-10-14)15-11-19-13-20-12-15/h6-8,10,15-16H,3-5,9,11-13H2,1-2H3. The summed E-state index contributed by atoms with van der Waals surface area (Å²) >= 11 is 0. The molecule has 1 fully saturated rings. The third-order valence-corrected chi connectivity index (χ3v) is 3.90. The van der Waals surface area contributed by atoms with Crippen molar-refractivity contribution in [3.63, 3.8) is 0 Å². The molecule has 1 saturated heterocycles. The monoisotopic (exact) mass is 278 g/mol. The van der Waals surface area contributed by atoms with E-state index in [2.05, 4.69) is 29.8 Å². The van der Waals surface area contributed by atoms with Gasteiger partial charge < -0.3 is 9.47 Å². The van der Waals surface area contributed by atoms with Crippen LogP contribution in [0.25, 0.3) is 0 Å². The van der Waals surface area contributed by atoms with Crippen LogP contribution in [0.4, 0.5) is 0 Å². The van der Waals surface area contributed by atoms with Crippen LogP contribution in [-0.2, 0) is 9.47 Å². The highest BCUT2D eigenvalue weighted by atomic mass is 16.7. The van der Waals surface area contributed by atoms with Crippen molar-refractivity contribution in [2.45, 2.75) is 32.7 Å². The molecule has 0 amide bonds. The molecule has 1 aromatic rings. The fraction of sp³-hybridized carbons (Fsp3) is 0.688. The number of aromatic nitrogens is 1. The predicted molar refractivity (Wildman–Crippen MR) is 79.4 cm³/mol. The quantitative estimate of drug-likeness (QED) is 0.768. The molecule has 0 aliphatic carbocycles. The van der Waals surface area contributed by atoms with Crippen LogP contribution >= 0.6 is 0 Å². The molecule has 1 unspecified atom stereocenters. The van der Waals surface area contributed by atoms with Gasteiger partial charge in [-0.3, -0.25) is 9.88 Å². The molecule has 1 aliphatic heterocycles. The van der Waals surface area contributed by atoms with Crippen LogP contribution in [0, 0.1) is 5.92 Å². The van der Waals surface area contributed by atoms with E-state index in [0.29, 0.717) is 18.8 Å². The van der Waals surface area contributed by atoms with Crippen LogP contribution in [0.1, 0.15) is 38.3 Å². The van der Waals surface area contributed by atoms with Crippen molar-refractivity contribution in [2.24, 2.45) is 5.92 Å². The van der Waals surface area contributed by atoms with E-state index < -0.39 is 0 Å². The summed E-state index contributed by atoms with van der Waals surface area (Å²) in [5, 5.41) is 0. The molecule has 4 nitrogen and oxygen atoms in total. The summed E-state index contributed by atoms with van der Waals surface area (Å²) in [7, 11) is 0. The Morgan fingerprint density at radius 3 is 2.75 bits per heavy atom. The first kappa shape index (κ1) is 15.4.